The van der Waals surface area contributed by atoms with Crippen LogP contribution in [0, 0.1) is 18.6 Å². The third-order valence-electron chi connectivity index (χ3n) is 8.45. The lowest BCUT2D eigenvalue weighted by Gasteiger charge is -2.46. The quantitative estimate of drug-likeness (QED) is 0.325. The van der Waals surface area contributed by atoms with Gasteiger partial charge in [0.15, 0.2) is 11.5 Å². The number of aromatic nitrogens is 4. The fourth-order valence-electron chi connectivity index (χ4n) is 6.32. The Hall–Kier alpha value is -4.87. The standard InChI is InChI=1S/C32H33F2N7O3/c1-6-22(43)39-15-19-11-13-36-27-24-30(40(19)14-18(39)5)38-32(44)41(29-17(4)10-12-35-26(29)16(2)3)31(24)37-28(25(27)34)23-20(33)8-7-9-21(23)42/h6-10,12,16,18-19,36,42H,1,11,13-15H2,2-5H3. The molecule has 0 aliphatic carbocycles. The minimum absolute atomic E-state index is 0.00718. The van der Waals surface area contributed by atoms with Crippen molar-refractivity contribution < 1.29 is 18.7 Å². The normalized spacial score (nSPS) is 18.1. The number of carbonyl (C=O) groups excluding carboxylic acids is 1. The lowest BCUT2D eigenvalue weighted by molar-refractivity contribution is -0.128. The molecule has 10 nitrogen and oxygen atoms in total. The van der Waals surface area contributed by atoms with E-state index in [-0.39, 0.29) is 46.4 Å². The summed E-state index contributed by atoms with van der Waals surface area (Å²) < 4.78 is 33.1. The molecule has 3 aromatic heterocycles. The predicted octanol–water partition coefficient (Wildman–Crippen LogP) is 4.67. The van der Waals surface area contributed by atoms with Crippen molar-refractivity contribution in [1.29, 1.82) is 0 Å². The van der Waals surface area contributed by atoms with Crippen LogP contribution in [-0.2, 0) is 4.79 Å². The molecule has 2 unspecified atom stereocenters. The second-order valence-electron chi connectivity index (χ2n) is 11.6. The number of hydrogen-bond acceptors (Lipinski definition) is 8. The summed E-state index contributed by atoms with van der Waals surface area (Å²) in [7, 11) is 0. The number of rotatable bonds is 4. The molecule has 5 heterocycles. The van der Waals surface area contributed by atoms with E-state index < -0.39 is 34.3 Å². The largest absolute Gasteiger partial charge is 0.507 e. The summed E-state index contributed by atoms with van der Waals surface area (Å²) in [6, 6.07) is 4.94. The molecule has 4 aromatic rings. The van der Waals surface area contributed by atoms with Crippen LogP contribution in [0.3, 0.4) is 0 Å². The maximum Gasteiger partial charge on any atom is 0.355 e. The number of anilines is 2. The summed E-state index contributed by atoms with van der Waals surface area (Å²) in [6.45, 7) is 12.2. The molecule has 0 radical (unpaired) electrons. The number of pyridine rings is 2. The number of nitrogens with zero attached hydrogens (tertiary/aromatic N) is 6. The van der Waals surface area contributed by atoms with E-state index in [2.05, 4.69) is 26.8 Å². The fraction of sp³-hybridized carbons (Fsp3) is 0.344. The molecule has 12 heteroatoms. The molecule has 2 aliphatic heterocycles. The Labute approximate surface area is 252 Å². The molecule has 2 aliphatic rings. The Kier molecular flexibility index (Phi) is 7.30. The van der Waals surface area contributed by atoms with Crippen molar-refractivity contribution in [2.45, 2.75) is 52.1 Å². The Balaban J connectivity index is 1.73. The molecule has 0 bridgehead atoms. The lowest BCUT2D eigenvalue weighted by Crippen LogP contribution is -2.60. The number of hydrogen-bond donors (Lipinski definition) is 2. The van der Waals surface area contributed by atoms with Crippen molar-refractivity contribution in [3.05, 3.63) is 76.5 Å². The van der Waals surface area contributed by atoms with Gasteiger partial charge in [0, 0.05) is 37.9 Å². The smallest absolute Gasteiger partial charge is 0.355 e. The first-order valence-electron chi connectivity index (χ1n) is 14.6. The molecule has 2 atom stereocenters. The van der Waals surface area contributed by atoms with Gasteiger partial charge in [0.25, 0.3) is 0 Å². The number of aryl methyl sites for hydroxylation is 1. The van der Waals surface area contributed by atoms with E-state index in [1.54, 1.807) is 17.2 Å². The SMILES string of the molecule is C=CC(=O)N1CC2CCNc3c(F)c(-c4c(O)cccc4F)nc4c3c(nc(=O)n4-c3c(C)ccnc3C(C)C)N2CC1C. The number of phenols is 1. The average molecular weight is 602 g/mol. The van der Waals surface area contributed by atoms with Gasteiger partial charge in [-0.15, -0.1) is 0 Å². The molecule has 228 valence electrons. The zero-order valence-electron chi connectivity index (χ0n) is 24.9. The summed E-state index contributed by atoms with van der Waals surface area (Å²) in [5, 5.41) is 14.0. The highest BCUT2D eigenvalue weighted by molar-refractivity contribution is 6.02. The third kappa shape index (κ3) is 4.56. The van der Waals surface area contributed by atoms with E-state index in [1.807, 2.05) is 32.6 Å². The molecule has 6 rings (SSSR count). The van der Waals surface area contributed by atoms with Crippen molar-refractivity contribution in [1.82, 2.24) is 24.4 Å². The van der Waals surface area contributed by atoms with Crippen LogP contribution in [0.25, 0.3) is 28.0 Å². The number of fused-ring (bicyclic) bond motifs is 2. The number of phenolic OH excluding ortho intramolecular Hbond substituents is 1. The van der Waals surface area contributed by atoms with Gasteiger partial charge in [-0.1, -0.05) is 26.5 Å². The molecule has 0 spiro atoms. The summed E-state index contributed by atoms with van der Waals surface area (Å²) in [5.74, 6) is -2.32. The van der Waals surface area contributed by atoms with Crippen LogP contribution in [-0.4, -0.2) is 67.2 Å². The van der Waals surface area contributed by atoms with E-state index in [0.717, 1.165) is 6.07 Å². The molecular formula is C32H33F2N7O3. The number of nitrogens with one attached hydrogen (secondary N) is 1. The van der Waals surface area contributed by atoms with Crippen molar-refractivity contribution in [3.63, 3.8) is 0 Å². The van der Waals surface area contributed by atoms with Crippen LogP contribution in [0.15, 0.2) is 47.9 Å². The highest BCUT2D eigenvalue weighted by atomic mass is 19.1. The Morgan fingerprint density at radius 2 is 1.98 bits per heavy atom. The second-order valence-corrected chi connectivity index (χ2v) is 11.6. The third-order valence-corrected chi connectivity index (χ3v) is 8.45. The highest BCUT2D eigenvalue weighted by Crippen LogP contribution is 2.42. The Morgan fingerprint density at radius 3 is 2.68 bits per heavy atom. The van der Waals surface area contributed by atoms with E-state index >= 15 is 8.78 Å². The van der Waals surface area contributed by atoms with Gasteiger partial charge < -0.3 is 20.2 Å². The van der Waals surface area contributed by atoms with Gasteiger partial charge in [-0.25, -0.2) is 23.1 Å². The van der Waals surface area contributed by atoms with Gasteiger partial charge in [-0.2, -0.15) is 4.98 Å². The van der Waals surface area contributed by atoms with Crippen molar-refractivity contribution in [2.24, 2.45) is 0 Å². The molecule has 1 amide bonds. The molecule has 1 saturated heterocycles. The topological polar surface area (TPSA) is 116 Å². The summed E-state index contributed by atoms with van der Waals surface area (Å²) in [6.07, 6.45) is 3.42. The molecular weight excluding hydrogens is 568 g/mol. The predicted molar refractivity (Wildman–Crippen MR) is 164 cm³/mol. The van der Waals surface area contributed by atoms with Gasteiger partial charge in [-0.3, -0.25) is 9.78 Å². The monoisotopic (exact) mass is 601 g/mol. The first-order chi connectivity index (χ1) is 21.0. The van der Waals surface area contributed by atoms with Gasteiger partial charge >= 0.3 is 5.69 Å². The van der Waals surface area contributed by atoms with E-state index in [1.165, 1.54) is 22.8 Å². The minimum atomic E-state index is -0.884. The molecule has 1 fully saturated rings. The van der Waals surface area contributed by atoms with Crippen molar-refractivity contribution in [3.8, 4) is 22.7 Å². The number of aromatic hydroxyl groups is 1. The Morgan fingerprint density at radius 1 is 1.20 bits per heavy atom. The first-order valence-corrected chi connectivity index (χ1v) is 14.6. The first kappa shape index (κ1) is 29.2. The van der Waals surface area contributed by atoms with Crippen LogP contribution in [0.5, 0.6) is 5.75 Å². The molecule has 44 heavy (non-hydrogen) atoms. The number of amides is 1. The number of carbonyl (C=O) groups is 1. The molecule has 2 N–H and O–H groups in total. The van der Waals surface area contributed by atoms with E-state index in [9.17, 15) is 14.7 Å². The zero-order valence-corrected chi connectivity index (χ0v) is 24.9. The van der Waals surface area contributed by atoms with Gasteiger partial charge in [0.05, 0.1) is 28.0 Å². The molecule has 1 aromatic carbocycles. The molecule has 0 saturated carbocycles. The van der Waals surface area contributed by atoms with Crippen LogP contribution in [0.2, 0.25) is 0 Å². The maximum absolute atomic E-state index is 16.6. The fourth-order valence-corrected chi connectivity index (χ4v) is 6.32. The number of halogens is 2. The number of piperazine rings is 1. The number of benzene rings is 1. The summed E-state index contributed by atoms with van der Waals surface area (Å²) in [4.78, 5) is 44.2. The highest BCUT2D eigenvalue weighted by Gasteiger charge is 2.38. The summed E-state index contributed by atoms with van der Waals surface area (Å²) in [5.41, 5.74) is 0.274. The van der Waals surface area contributed by atoms with Crippen molar-refractivity contribution >= 4 is 28.4 Å². The zero-order chi connectivity index (χ0) is 31.4. The van der Waals surface area contributed by atoms with E-state index in [0.29, 0.717) is 43.0 Å². The average Bonchev–Trinajstić information content (AvgIpc) is 2.97. The van der Waals surface area contributed by atoms with Crippen LogP contribution in [0.4, 0.5) is 20.3 Å². The van der Waals surface area contributed by atoms with Crippen LogP contribution < -0.4 is 15.9 Å². The second kappa shape index (κ2) is 11.0. The Bertz CT molecular complexity index is 1870. The van der Waals surface area contributed by atoms with Crippen LogP contribution >= 0.6 is 0 Å². The van der Waals surface area contributed by atoms with Crippen LogP contribution in [0.1, 0.15) is 44.4 Å². The maximum atomic E-state index is 16.6. The van der Waals surface area contributed by atoms with E-state index in [4.69, 9.17) is 0 Å². The minimum Gasteiger partial charge on any atom is -0.507 e. The van der Waals surface area contributed by atoms with Gasteiger partial charge in [-0.05, 0) is 56.0 Å². The summed E-state index contributed by atoms with van der Waals surface area (Å²) >= 11 is 0. The van der Waals surface area contributed by atoms with Gasteiger partial charge in [0.2, 0.25) is 5.91 Å². The van der Waals surface area contributed by atoms with Crippen molar-refractivity contribution in [2.75, 3.05) is 29.9 Å². The lowest BCUT2D eigenvalue weighted by atomic mass is 10.00. The van der Waals surface area contributed by atoms with Gasteiger partial charge in [0.1, 0.15) is 23.1 Å².